The van der Waals surface area contributed by atoms with Crippen LogP contribution in [0.5, 0.6) is 5.75 Å². The monoisotopic (exact) mass is 323 g/mol. The molecule has 0 saturated carbocycles. The predicted molar refractivity (Wildman–Crippen MR) is 89.9 cm³/mol. The summed E-state index contributed by atoms with van der Waals surface area (Å²) < 4.78 is 20.0. The van der Waals surface area contributed by atoms with Crippen LogP contribution in [0.4, 0.5) is 4.39 Å². The zero-order chi connectivity index (χ0) is 16.7. The molecule has 0 amide bonds. The number of rotatable bonds is 3. The average molecular weight is 323 g/mol. The Balaban J connectivity index is 1.86. The third-order valence-electron chi connectivity index (χ3n) is 4.04. The predicted octanol–water partition coefficient (Wildman–Crippen LogP) is 3.07. The number of nitrogens with one attached hydrogen (secondary N) is 1. The first-order valence-corrected chi connectivity index (χ1v) is 7.45. The second-order valence-corrected chi connectivity index (χ2v) is 5.56. The van der Waals surface area contributed by atoms with Gasteiger partial charge >= 0.3 is 0 Å². The molecule has 4 rings (SSSR count). The van der Waals surface area contributed by atoms with Gasteiger partial charge in [-0.3, -0.25) is 4.79 Å². The van der Waals surface area contributed by atoms with Gasteiger partial charge in [0.2, 0.25) is 5.43 Å². The number of aromatic nitrogens is 3. The molecule has 0 atom stereocenters. The molecule has 2 aromatic heterocycles. The van der Waals surface area contributed by atoms with Gasteiger partial charge in [0.1, 0.15) is 17.2 Å². The molecular weight excluding hydrogens is 309 g/mol. The largest absolute Gasteiger partial charge is 0.497 e. The average Bonchev–Trinajstić information content (AvgIpc) is 3.00. The minimum atomic E-state index is -0.275. The van der Waals surface area contributed by atoms with E-state index in [4.69, 9.17) is 4.74 Å². The summed E-state index contributed by atoms with van der Waals surface area (Å²) in [4.78, 5) is 20.2. The summed E-state index contributed by atoms with van der Waals surface area (Å²) in [5.41, 5.74) is 2.51. The molecule has 0 fully saturated rings. The van der Waals surface area contributed by atoms with Crippen molar-refractivity contribution < 1.29 is 9.13 Å². The van der Waals surface area contributed by atoms with E-state index >= 15 is 0 Å². The Hall–Kier alpha value is -3.15. The van der Waals surface area contributed by atoms with E-state index in [0.29, 0.717) is 34.4 Å². The molecule has 0 radical (unpaired) electrons. The van der Waals surface area contributed by atoms with Crippen molar-refractivity contribution in [2.45, 2.75) is 6.54 Å². The number of pyridine rings is 1. The molecule has 0 aliphatic carbocycles. The Morgan fingerprint density at radius 2 is 2.00 bits per heavy atom. The molecule has 2 aromatic carbocycles. The maximum Gasteiger partial charge on any atom is 0.217 e. The van der Waals surface area contributed by atoms with Gasteiger partial charge in [-0.25, -0.2) is 9.37 Å². The molecular formula is C18H14FN3O2. The number of H-pyrrole nitrogens is 1. The number of halogens is 1. The summed E-state index contributed by atoms with van der Waals surface area (Å²) in [6.45, 7) is 0.494. The van der Waals surface area contributed by atoms with Gasteiger partial charge in [0, 0.05) is 0 Å². The summed E-state index contributed by atoms with van der Waals surface area (Å²) in [7, 11) is 1.56. The Labute approximate surface area is 136 Å². The first-order chi connectivity index (χ1) is 11.7. The topological polar surface area (TPSA) is 59.9 Å². The van der Waals surface area contributed by atoms with Gasteiger partial charge in [-0.1, -0.05) is 12.1 Å². The van der Waals surface area contributed by atoms with Crippen molar-refractivity contribution in [1.82, 2.24) is 14.5 Å². The minimum Gasteiger partial charge on any atom is -0.497 e. The van der Waals surface area contributed by atoms with Crippen LogP contribution < -0.4 is 10.2 Å². The summed E-state index contributed by atoms with van der Waals surface area (Å²) >= 11 is 0. The van der Waals surface area contributed by atoms with Crippen LogP contribution in [-0.2, 0) is 6.54 Å². The van der Waals surface area contributed by atoms with Crippen molar-refractivity contribution in [2.75, 3.05) is 7.11 Å². The number of methoxy groups -OCH3 is 1. The van der Waals surface area contributed by atoms with Crippen LogP contribution in [0.1, 0.15) is 5.56 Å². The van der Waals surface area contributed by atoms with Crippen molar-refractivity contribution >= 4 is 22.1 Å². The Bertz CT molecular complexity index is 1100. The highest BCUT2D eigenvalue weighted by atomic mass is 19.1. The van der Waals surface area contributed by atoms with Crippen molar-refractivity contribution in [3.05, 3.63) is 70.4 Å². The van der Waals surface area contributed by atoms with Crippen molar-refractivity contribution in [3.63, 3.8) is 0 Å². The molecule has 1 N–H and O–H groups in total. The zero-order valence-corrected chi connectivity index (χ0v) is 12.9. The number of hydrogen-bond acceptors (Lipinski definition) is 3. The van der Waals surface area contributed by atoms with Gasteiger partial charge in [-0.2, -0.15) is 0 Å². The molecule has 0 spiro atoms. The highest BCUT2D eigenvalue weighted by Gasteiger charge is 2.12. The second kappa shape index (κ2) is 5.49. The van der Waals surface area contributed by atoms with Crippen LogP contribution in [0.2, 0.25) is 0 Å². The Morgan fingerprint density at radius 3 is 2.75 bits per heavy atom. The molecule has 2 heterocycles. The van der Waals surface area contributed by atoms with Crippen LogP contribution in [-0.4, -0.2) is 21.6 Å². The number of nitrogens with zero attached hydrogens (tertiary/aromatic N) is 2. The van der Waals surface area contributed by atoms with E-state index in [2.05, 4.69) is 9.97 Å². The van der Waals surface area contributed by atoms with Crippen molar-refractivity contribution in [1.29, 1.82) is 0 Å². The summed E-state index contributed by atoms with van der Waals surface area (Å²) in [5, 5.41) is 0.536. The lowest BCUT2D eigenvalue weighted by Gasteiger charge is -2.06. The van der Waals surface area contributed by atoms with E-state index < -0.39 is 0 Å². The fourth-order valence-corrected chi connectivity index (χ4v) is 2.79. The quantitative estimate of drug-likeness (QED) is 0.630. The van der Waals surface area contributed by atoms with Gasteiger partial charge in [0.05, 0.1) is 30.9 Å². The smallest absolute Gasteiger partial charge is 0.217 e. The lowest BCUT2D eigenvalue weighted by Crippen LogP contribution is -2.06. The van der Waals surface area contributed by atoms with Gasteiger partial charge in [-0.05, 0) is 35.9 Å². The SMILES string of the molecule is COc1ccc2[nH]c3c(ncn3Cc3ccc(F)cc3)c(=O)c2c1. The lowest BCUT2D eigenvalue weighted by atomic mass is 10.2. The number of ether oxygens (including phenoxy) is 1. The van der Waals surface area contributed by atoms with Crippen LogP contribution in [0, 0.1) is 5.82 Å². The first kappa shape index (κ1) is 14.4. The van der Waals surface area contributed by atoms with Crippen LogP contribution in [0.15, 0.2) is 53.6 Å². The highest BCUT2D eigenvalue weighted by Crippen LogP contribution is 2.20. The molecule has 0 unspecified atom stereocenters. The molecule has 6 heteroatoms. The van der Waals surface area contributed by atoms with E-state index in [1.54, 1.807) is 37.7 Å². The number of aromatic amines is 1. The van der Waals surface area contributed by atoms with Crippen LogP contribution in [0.3, 0.4) is 0 Å². The normalized spacial score (nSPS) is 11.2. The third-order valence-corrected chi connectivity index (χ3v) is 4.04. The van der Waals surface area contributed by atoms with E-state index in [1.165, 1.54) is 12.1 Å². The summed E-state index contributed by atoms with van der Waals surface area (Å²) in [6, 6.07) is 11.6. The molecule has 0 aliphatic rings. The molecule has 120 valence electrons. The third kappa shape index (κ3) is 2.32. The number of imidazole rings is 1. The van der Waals surface area contributed by atoms with Gasteiger partial charge < -0.3 is 14.3 Å². The van der Waals surface area contributed by atoms with E-state index in [1.807, 2.05) is 10.6 Å². The lowest BCUT2D eigenvalue weighted by molar-refractivity contribution is 0.415. The highest BCUT2D eigenvalue weighted by molar-refractivity contribution is 5.90. The molecule has 0 bridgehead atoms. The van der Waals surface area contributed by atoms with E-state index in [0.717, 1.165) is 5.56 Å². The number of hydrogen-bond donors (Lipinski definition) is 1. The fourth-order valence-electron chi connectivity index (χ4n) is 2.79. The summed E-state index contributed by atoms with van der Waals surface area (Å²) in [5.74, 6) is 0.348. The Kier molecular flexibility index (Phi) is 3.30. The number of benzene rings is 2. The fraction of sp³-hybridized carbons (Fsp3) is 0.111. The zero-order valence-electron chi connectivity index (χ0n) is 12.9. The van der Waals surface area contributed by atoms with Crippen molar-refractivity contribution in [3.8, 4) is 5.75 Å². The van der Waals surface area contributed by atoms with E-state index in [9.17, 15) is 9.18 Å². The molecule has 5 nitrogen and oxygen atoms in total. The van der Waals surface area contributed by atoms with Gasteiger partial charge in [-0.15, -0.1) is 0 Å². The Morgan fingerprint density at radius 1 is 1.21 bits per heavy atom. The first-order valence-electron chi connectivity index (χ1n) is 7.45. The van der Waals surface area contributed by atoms with Crippen LogP contribution in [0.25, 0.3) is 22.1 Å². The minimum absolute atomic E-state index is 0.143. The van der Waals surface area contributed by atoms with E-state index in [-0.39, 0.29) is 11.2 Å². The maximum absolute atomic E-state index is 13.0. The second-order valence-electron chi connectivity index (χ2n) is 5.56. The summed E-state index contributed by atoms with van der Waals surface area (Å²) in [6.07, 6.45) is 1.61. The van der Waals surface area contributed by atoms with Crippen molar-refractivity contribution in [2.24, 2.45) is 0 Å². The van der Waals surface area contributed by atoms with Gasteiger partial charge in [0.25, 0.3) is 0 Å². The molecule has 4 aromatic rings. The molecule has 0 aliphatic heterocycles. The standard InChI is InChI=1S/C18H14FN3O2/c1-24-13-6-7-15-14(8-13)17(23)16-18(21-15)22(10-20-16)9-11-2-4-12(19)5-3-11/h2-8,10H,9H2,1H3,(H,21,23). The van der Waals surface area contributed by atoms with Crippen LogP contribution >= 0.6 is 0 Å². The molecule has 0 saturated heterocycles. The number of fused-ring (bicyclic) bond motifs is 2. The molecule has 24 heavy (non-hydrogen) atoms. The maximum atomic E-state index is 13.0. The van der Waals surface area contributed by atoms with Gasteiger partial charge in [0.15, 0.2) is 5.52 Å².